The van der Waals surface area contributed by atoms with Crippen molar-refractivity contribution in [2.75, 3.05) is 19.6 Å². The first-order valence-corrected chi connectivity index (χ1v) is 11.7. The second kappa shape index (κ2) is 8.60. The first kappa shape index (κ1) is 21.0. The number of nitrogens with one attached hydrogen (secondary N) is 1. The fourth-order valence-electron chi connectivity index (χ4n) is 5.06. The van der Waals surface area contributed by atoms with Crippen molar-refractivity contribution in [1.82, 2.24) is 14.8 Å². The molecule has 0 saturated carbocycles. The van der Waals surface area contributed by atoms with Crippen LogP contribution in [0.1, 0.15) is 42.1 Å². The maximum Gasteiger partial charge on any atom is 0.255 e. The zero-order chi connectivity index (χ0) is 22.2. The number of fused-ring (bicyclic) bond motifs is 3. The monoisotopic (exact) mass is 445 g/mol. The van der Waals surface area contributed by atoms with Gasteiger partial charge in [0.25, 0.3) is 11.5 Å². The highest BCUT2D eigenvalue weighted by molar-refractivity contribution is 7.81. The Morgan fingerprint density at radius 1 is 1.12 bits per heavy atom. The van der Waals surface area contributed by atoms with Crippen molar-refractivity contribution in [3.8, 4) is 5.69 Å². The van der Waals surface area contributed by atoms with E-state index in [9.17, 15) is 9.59 Å². The Balaban J connectivity index is 1.48. The Kier molecular flexibility index (Phi) is 5.66. The number of thiocarbonyl (C=S) groups is 1. The molecule has 0 spiro atoms. The van der Waals surface area contributed by atoms with Crippen LogP contribution in [-0.2, 0) is 0 Å². The number of amides is 1. The van der Waals surface area contributed by atoms with E-state index in [2.05, 4.69) is 29.3 Å². The minimum Gasteiger partial charge on any atom is -0.348 e. The van der Waals surface area contributed by atoms with Crippen molar-refractivity contribution >= 4 is 28.6 Å². The average molecular weight is 446 g/mol. The van der Waals surface area contributed by atoms with Gasteiger partial charge in [0.05, 0.1) is 11.3 Å². The predicted octanol–water partition coefficient (Wildman–Crippen LogP) is 3.76. The lowest BCUT2D eigenvalue weighted by atomic mass is 9.84. The zero-order valence-corrected chi connectivity index (χ0v) is 19.0. The molecule has 0 radical (unpaired) electrons. The van der Waals surface area contributed by atoms with Gasteiger partial charge in [0.1, 0.15) is 0 Å². The molecule has 164 valence electrons. The summed E-state index contributed by atoms with van der Waals surface area (Å²) in [5, 5.41) is 3.22. The molecule has 1 aromatic heterocycles. The van der Waals surface area contributed by atoms with Gasteiger partial charge in [-0.1, -0.05) is 48.1 Å². The molecule has 1 amide bonds. The number of rotatable bonds is 4. The van der Waals surface area contributed by atoms with Gasteiger partial charge in [0, 0.05) is 41.7 Å². The molecule has 5 nitrogen and oxygen atoms in total. The lowest BCUT2D eigenvalue weighted by Crippen LogP contribution is -2.57. The summed E-state index contributed by atoms with van der Waals surface area (Å²) in [5.41, 5.74) is 4.07. The summed E-state index contributed by atoms with van der Waals surface area (Å²) in [4.78, 5) is 29.2. The maximum atomic E-state index is 13.1. The van der Waals surface area contributed by atoms with E-state index >= 15 is 0 Å². The third-order valence-corrected chi connectivity index (χ3v) is 7.27. The summed E-state index contributed by atoms with van der Waals surface area (Å²) >= 11 is 5.62. The van der Waals surface area contributed by atoms with Gasteiger partial charge in [-0.2, -0.15) is 0 Å². The number of piperidine rings is 3. The third kappa shape index (κ3) is 4.00. The number of nitrogens with zero attached hydrogens (tertiary/aromatic N) is 2. The molecule has 1 N–H and O–H groups in total. The van der Waals surface area contributed by atoms with Crippen molar-refractivity contribution in [3.63, 3.8) is 0 Å². The van der Waals surface area contributed by atoms with E-state index in [0.717, 1.165) is 66.2 Å². The van der Waals surface area contributed by atoms with Gasteiger partial charge in [0.15, 0.2) is 0 Å². The summed E-state index contributed by atoms with van der Waals surface area (Å²) in [6.45, 7) is 5.23. The van der Waals surface area contributed by atoms with Crippen LogP contribution in [0.4, 0.5) is 0 Å². The van der Waals surface area contributed by atoms with Gasteiger partial charge >= 0.3 is 0 Å². The van der Waals surface area contributed by atoms with Crippen LogP contribution < -0.4 is 10.9 Å². The number of pyridine rings is 1. The minimum atomic E-state index is -0.175. The molecule has 4 aliphatic rings. The Morgan fingerprint density at radius 2 is 1.91 bits per heavy atom. The highest BCUT2D eigenvalue weighted by Gasteiger charge is 2.35. The molecule has 2 aromatic rings. The van der Waals surface area contributed by atoms with E-state index in [0.29, 0.717) is 11.5 Å². The number of aromatic nitrogens is 1. The van der Waals surface area contributed by atoms with E-state index in [1.807, 2.05) is 24.3 Å². The number of allylic oxidation sites excluding steroid dienone is 4. The van der Waals surface area contributed by atoms with Crippen molar-refractivity contribution in [2.45, 2.75) is 32.2 Å². The highest BCUT2D eigenvalue weighted by atomic mass is 32.1. The highest BCUT2D eigenvalue weighted by Crippen LogP contribution is 2.30. The van der Waals surface area contributed by atoms with Gasteiger partial charge in [-0.25, -0.2) is 0 Å². The molecule has 3 fully saturated rings. The number of hydrogen-bond donors (Lipinski definition) is 1. The Hall–Kier alpha value is -2.83. The number of hydrogen-bond acceptors (Lipinski definition) is 4. The topological polar surface area (TPSA) is 54.3 Å². The minimum absolute atomic E-state index is 0.124. The second-order valence-corrected chi connectivity index (χ2v) is 9.49. The Morgan fingerprint density at radius 3 is 2.66 bits per heavy atom. The third-order valence-electron chi connectivity index (χ3n) is 6.88. The van der Waals surface area contributed by atoms with Crippen LogP contribution >= 0.6 is 12.2 Å². The van der Waals surface area contributed by atoms with E-state index in [1.54, 1.807) is 16.8 Å². The summed E-state index contributed by atoms with van der Waals surface area (Å²) in [7, 11) is 0. The molecule has 1 atom stereocenters. The fourth-order valence-corrected chi connectivity index (χ4v) is 5.31. The molecule has 1 aromatic carbocycles. The predicted molar refractivity (Wildman–Crippen MR) is 131 cm³/mol. The normalized spacial score (nSPS) is 24.7. The first-order valence-electron chi connectivity index (χ1n) is 11.3. The van der Waals surface area contributed by atoms with Crippen LogP contribution in [0.2, 0.25) is 0 Å². The molecular formula is C26H27N3O2S. The Labute approximate surface area is 193 Å². The zero-order valence-electron chi connectivity index (χ0n) is 18.2. The smallest absolute Gasteiger partial charge is 0.255 e. The van der Waals surface area contributed by atoms with Crippen molar-refractivity contribution in [2.24, 2.45) is 5.92 Å². The van der Waals surface area contributed by atoms with E-state index in [-0.39, 0.29) is 17.5 Å². The molecule has 1 aliphatic carbocycles. The van der Waals surface area contributed by atoms with E-state index < -0.39 is 0 Å². The number of carbonyl (C=O) groups is 1. The van der Waals surface area contributed by atoms with Gasteiger partial charge in [-0.3, -0.25) is 14.2 Å². The van der Waals surface area contributed by atoms with Crippen molar-refractivity contribution in [1.29, 1.82) is 0 Å². The molecule has 3 saturated heterocycles. The fraction of sp³-hybridized carbons (Fsp3) is 0.346. The quantitative estimate of drug-likeness (QED) is 0.728. The maximum absolute atomic E-state index is 13.1. The largest absolute Gasteiger partial charge is 0.348 e. The molecular weight excluding hydrogens is 418 g/mol. The molecule has 6 heteroatoms. The number of para-hydroxylation sites is 1. The lowest BCUT2D eigenvalue weighted by molar-refractivity contribution is 0.0620. The van der Waals surface area contributed by atoms with Crippen LogP contribution in [0.5, 0.6) is 0 Å². The van der Waals surface area contributed by atoms with Gasteiger partial charge < -0.3 is 10.2 Å². The molecule has 32 heavy (non-hydrogen) atoms. The van der Waals surface area contributed by atoms with Gasteiger partial charge in [0.2, 0.25) is 0 Å². The molecule has 3 aliphatic heterocycles. The van der Waals surface area contributed by atoms with Crippen molar-refractivity contribution < 1.29 is 4.79 Å². The molecule has 1 unspecified atom stereocenters. The van der Waals surface area contributed by atoms with E-state index in [1.165, 1.54) is 6.07 Å². The van der Waals surface area contributed by atoms with Crippen LogP contribution in [0.3, 0.4) is 0 Å². The van der Waals surface area contributed by atoms with Crippen LogP contribution in [-0.4, -0.2) is 45.9 Å². The molecule has 2 bridgehead atoms. The average Bonchev–Trinajstić information content (AvgIpc) is 2.82. The molecule has 4 heterocycles. The summed E-state index contributed by atoms with van der Waals surface area (Å²) in [5.74, 6) is 0.423. The SMILES string of the molecule is CC1=CCC(=S)C(c2ccccc2-n2cc(C(=O)NC3CN4CCC3CC4)ccc2=O)=C1. The van der Waals surface area contributed by atoms with Crippen LogP contribution in [0.25, 0.3) is 11.3 Å². The molecule has 6 rings (SSSR count). The van der Waals surface area contributed by atoms with Gasteiger partial charge in [-0.05, 0) is 56.5 Å². The number of carbonyl (C=O) groups excluding carboxylic acids is 1. The summed E-state index contributed by atoms with van der Waals surface area (Å²) in [6, 6.07) is 11.0. The van der Waals surface area contributed by atoms with E-state index in [4.69, 9.17) is 12.2 Å². The second-order valence-electron chi connectivity index (χ2n) is 8.99. The summed E-state index contributed by atoms with van der Waals surface area (Å²) in [6.07, 6.45) is 8.84. The number of benzene rings is 1. The van der Waals surface area contributed by atoms with Crippen molar-refractivity contribution in [3.05, 3.63) is 81.8 Å². The Bertz CT molecular complexity index is 1200. The van der Waals surface area contributed by atoms with Crippen LogP contribution in [0, 0.1) is 5.92 Å². The lowest BCUT2D eigenvalue weighted by Gasteiger charge is -2.44. The summed E-state index contributed by atoms with van der Waals surface area (Å²) < 4.78 is 1.57. The van der Waals surface area contributed by atoms with Gasteiger partial charge in [-0.15, -0.1) is 0 Å². The first-order chi connectivity index (χ1) is 15.5. The standard InChI is InChI=1S/C26H27N3O2S/c1-17-6-8-24(32)21(14-17)20-4-2-3-5-23(20)29-15-19(7-9-25(29)30)26(31)27-22-16-28-12-10-18(22)11-13-28/h2-7,9,14-15,18,22H,8,10-13,16H2,1H3,(H,27,31). The van der Waals surface area contributed by atoms with Crippen LogP contribution in [0.15, 0.2) is 65.1 Å².